The number of Topliss-reactive ketones (excluding diaryl/α,β-unsaturated/α-hetero) is 1. The van der Waals surface area contributed by atoms with Crippen LogP contribution in [-0.2, 0) is 10.5 Å². The Hall–Kier alpha value is -3.93. The fourth-order valence-electron chi connectivity index (χ4n) is 4.80. The molecule has 7 nitrogen and oxygen atoms in total. The molecule has 3 aromatic carbocycles. The molecular formula is C29H21FN4O3S3. The number of halogens is 1. The predicted octanol–water partition coefficient (Wildman–Crippen LogP) is 6.98. The number of benzene rings is 3. The molecule has 1 amide bonds. The van der Waals surface area contributed by atoms with E-state index in [1.165, 1.54) is 34.1 Å². The van der Waals surface area contributed by atoms with E-state index in [0.717, 1.165) is 22.1 Å². The lowest BCUT2D eigenvalue weighted by Gasteiger charge is -2.25. The van der Waals surface area contributed by atoms with Gasteiger partial charge in [0.05, 0.1) is 27.2 Å². The van der Waals surface area contributed by atoms with Crippen molar-refractivity contribution in [2.45, 2.75) is 30.0 Å². The van der Waals surface area contributed by atoms with Crippen LogP contribution in [0.5, 0.6) is 0 Å². The van der Waals surface area contributed by atoms with Crippen molar-refractivity contribution in [3.8, 4) is 0 Å². The quantitative estimate of drug-likeness (QED) is 0.124. The standard InChI is InChI=1S/C29H21FN4O3S3/c1-15-26(39-16(2)31-15)24(35)22-23(20-12-7-10-17-8-3-5-11-19(17)20)34(27(37)25(22)36)28-32-33-29(40-28)38-14-18-9-4-6-13-21(18)30/h3-13,23,36H,14H2,1-2H3. The molecule has 6 rings (SSSR count). The zero-order valence-electron chi connectivity index (χ0n) is 21.3. The van der Waals surface area contributed by atoms with E-state index in [9.17, 15) is 19.1 Å². The van der Waals surface area contributed by atoms with Gasteiger partial charge in [-0.1, -0.05) is 83.8 Å². The number of rotatable bonds is 7. The van der Waals surface area contributed by atoms with Crippen LogP contribution < -0.4 is 4.90 Å². The average molecular weight is 589 g/mol. The van der Waals surface area contributed by atoms with Crippen molar-refractivity contribution in [1.29, 1.82) is 0 Å². The number of aryl methyl sites for hydroxylation is 2. The summed E-state index contributed by atoms with van der Waals surface area (Å²) in [6, 6.07) is 18.9. The second-order valence-electron chi connectivity index (χ2n) is 9.12. The third-order valence-corrected chi connectivity index (χ3v) is 9.77. The summed E-state index contributed by atoms with van der Waals surface area (Å²) in [5.41, 5.74) is 1.72. The van der Waals surface area contributed by atoms with E-state index < -0.39 is 23.5 Å². The Morgan fingerprint density at radius 2 is 1.77 bits per heavy atom. The van der Waals surface area contributed by atoms with Crippen LogP contribution in [-0.4, -0.2) is 32.0 Å². The Kier molecular flexibility index (Phi) is 6.95. The maximum absolute atomic E-state index is 14.1. The number of carbonyl (C=O) groups excluding carboxylic acids is 2. The summed E-state index contributed by atoms with van der Waals surface area (Å²) in [6.07, 6.45) is 0. The second kappa shape index (κ2) is 10.6. The molecule has 0 fully saturated rings. The summed E-state index contributed by atoms with van der Waals surface area (Å²) in [5, 5.41) is 22.4. The predicted molar refractivity (Wildman–Crippen MR) is 156 cm³/mol. The van der Waals surface area contributed by atoms with Crippen molar-refractivity contribution < 1.29 is 19.1 Å². The summed E-state index contributed by atoms with van der Waals surface area (Å²) >= 11 is 3.67. The van der Waals surface area contributed by atoms with Crippen molar-refractivity contribution in [3.63, 3.8) is 0 Å². The van der Waals surface area contributed by atoms with E-state index in [4.69, 9.17) is 0 Å². The van der Waals surface area contributed by atoms with Gasteiger partial charge in [0, 0.05) is 5.75 Å². The van der Waals surface area contributed by atoms with Crippen LogP contribution in [0.4, 0.5) is 9.52 Å². The third kappa shape index (κ3) is 4.59. The minimum absolute atomic E-state index is 0.0242. The molecule has 0 saturated heterocycles. The number of aliphatic hydroxyl groups excluding tert-OH is 1. The first kappa shape index (κ1) is 26.3. The molecule has 0 aliphatic carbocycles. The van der Waals surface area contributed by atoms with Crippen molar-refractivity contribution in [3.05, 3.63) is 111 Å². The number of nitrogens with zero attached hydrogens (tertiary/aromatic N) is 4. The van der Waals surface area contributed by atoms with E-state index >= 15 is 0 Å². The molecule has 40 heavy (non-hydrogen) atoms. The Labute approximate surface area is 241 Å². The van der Waals surface area contributed by atoms with Gasteiger partial charge in [-0.2, -0.15) is 0 Å². The number of thioether (sulfide) groups is 1. The van der Waals surface area contributed by atoms with E-state index in [2.05, 4.69) is 15.2 Å². The summed E-state index contributed by atoms with van der Waals surface area (Å²) in [5.74, 6) is -1.78. The van der Waals surface area contributed by atoms with Crippen LogP contribution in [0.15, 0.2) is 82.4 Å². The van der Waals surface area contributed by atoms with Crippen molar-refractivity contribution in [1.82, 2.24) is 15.2 Å². The molecule has 1 unspecified atom stereocenters. The van der Waals surface area contributed by atoms with Gasteiger partial charge < -0.3 is 5.11 Å². The van der Waals surface area contributed by atoms with Crippen LogP contribution in [0.2, 0.25) is 0 Å². The molecule has 0 radical (unpaired) electrons. The molecule has 200 valence electrons. The number of amides is 1. The molecule has 2 aromatic heterocycles. The SMILES string of the molecule is Cc1nc(C)c(C(=O)C2=C(O)C(=O)N(c3nnc(SCc4ccccc4F)s3)C2c2cccc3ccccc23)s1. The minimum Gasteiger partial charge on any atom is -0.503 e. The second-order valence-corrected chi connectivity index (χ2v) is 12.5. The molecule has 0 saturated carbocycles. The molecule has 1 N–H and O–H groups in total. The zero-order valence-corrected chi connectivity index (χ0v) is 23.7. The van der Waals surface area contributed by atoms with Crippen molar-refractivity contribution >= 4 is 62.0 Å². The molecule has 0 spiro atoms. The highest BCUT2D eigenvalue weighted by molar-refractivity contribution is 8.00. The van der Waals surface area contributed by atoms with Crippen LogP contribution in [0.3, 0.4) is 0 Å². The molecular weight excluding hydrogens is 568 g/mol. The monoisotopic (exact) mass is 588 g/mol. The molecule has 3 heterocycles. The van der Waals surface area contributed by atoms with E-state index in [1.54, 1.807) is 32.0 Å². The van der Waals surface area contributed by atoms with Gasteiger partial charge in [-0.15, -0.1) is 21.5 Å². The van der Waals surface area contributed by atoms with Gasteiger partial charge in [0.25, 0.3) is 5.91 Å². The maximum atomic E-state index is 14.1. The van der Waals surface area contributed by atoms with Gasteiger partial charge in [-0.3, -0.25) is 14.5 Å². The number of thiazole rings is 1. The lowest BCUT2D eigenvalue weighted by atomic mass is 9.91. The van der Waals surface area contributed by atoms with Gasteiger partial charge in [0.15, 0.2) is 10.1 Å². The number of fused-ring (bicyclic) bond motifs is 1. The van der Waals surface area contributed by atoms with Gasteiger partial charge in [0.1, 0.15) is 5.82 Å². The summed E-state index contributed by atoms with van der Waals surface area (Å²) in [4.78, 5) is 33.6. The van der Waals surface area contributed by atoms with Crippen LogP contribution in [0.25, 0.3) is 10.8 Å². The smallest absolute Gasteiger partial charge is 0.296 e. The first-order valence-corrected chi connectivity index (χ1v) is 14.9. The minimum atomic E-state index is -0.940. The number of ketones is 1. The van der Waals surface area contributed by atoms with Gasteiger partial charge >= 0.3 is 0 Å². The van der Waals surface area contributed by atoms with Crippen LogP contribution in [0, 0.1) is 19.7 Å². The molecule has 1 atom stereocenters. The highest BCUT2D eigenvalue weighted by Crippen LogP contribution is 2.46. The highest BCUT2D eigenvalue weighted by Gasteiger charge is 2.47. The van der Waals surface area contributed by atoms with E-state index in [-0.39, 0.29) is 16.5 Å². The van der Waals surface area contributed by atoms with Crippen molar-refractivity contribution in [2.24, 2.45) is 0 Å². The maximum Gasteiger partial charge on any atom is 0.296 e. The fourth-order valence-corrected chi connectivity index (χ4v) is 7.52. The van der Waals surface area contributed by atoms with Crippen LogP contribution >= 0.6 is 34.4 Å². The summed E-state index contributed by atoms with van der Waals surface area (Å²) < 4.78 is 14.6. The lowest BCUT2D eigenvalue weighted by molar-refractivity contribution is -0.117. The topological polar surface area (TPSA) is 96.3 Å². The van der Waals surface area contributed by atoms with Gasteiger partial charge in [0.2, 0.25) is 10.9 Å². The number of hydrogen-bond acceptors (Lipinski definition) is 9. The summed E-state index contributed by atoms with van der Waals surface area (Å²) in [6.45, 7) is 3.54. The Bertz CT molecular complexity index is 1820. The summed E-state index contributed by atoms with van der Waals surface area (Å²) in [7, 11) is 0. The Morgan fingerprint density at radius 1 is 1.02 bits per heavy atom. The van der Waals surface area contributed by atoms with Crippen LogP contribution in [0.1, 0.15) is 37.5 Å². The molecule has 5 aromatic rings. The first-order valence-electron chi connectivity index (χ1n) is 12.3. The van der Waals surface area contributed by atoms with E-state index in [1.807, 2.05) is 42.5 Å². The molecule has 1 aliphatic heterocycles. The van der Waals surface area contributed by atoms with Gasteiger partial charge in [-0.05, 0) is 41.8 Å². The third-order valence-electron chi connectivity index (χ3n) is 6.59. The number of carbonyl (C=O) groups is 2. The zero-order chi connectivity index (χ0) is 28.0. The molecule has 11 heteroatoms. The molecule has 0 bridgehead atoms. The van der Waals surface area contributed by atoms with Crippen molar-refractivity contribution in [2.75, 3.05) is 4.90 Å². The number of aliphatic hydroxyl groups is 1. The number of hydrogen-bond donors (Lipinski definition) is 1. The number of anilines is 1. The van der Waals surface area contributed by atoms with E-state index in [0.29, 0.717) is 36.8 Å². The van der Waals surface area contributed by atoms with Gasteiger partial charge in [-0.25, -0.2) is 9.37 Å². The fraction of sp³-hybridized carbons (Fsp3) is 0.138. The highest BCUT2D eigenvalue weighted by atomic mass is 32.2. The normalized spacial score (nSPS) is 15.4. The lowest BCUT2D eigenvalue weighted by Crippen LogP contribution is -2.31. The number of aromatic nitrogens is 3. The Balaban J connectivity index is 1.44. The average Bonchev–Trinajstić information content (AvgIpc) is 3.63. The molecule has 1 aliphatic rings. The Morgan fingerprint density at radius 3 is 2.55 bits per heavy atom. The largest absolute Gasteiger partial charge is 0.503 e. The first-order chi connectivity index (χ1) is 19.3.